The maximum Gasteiger partial charge on any atom is 0.252 e. The number of hydrogen-bond acceptors (Lipinski definition) is 4. The van der Waals surface area contributed by atoms with Crippen LogP contribution in [-0.4, -0.2) is 17.4 Å². The number of carbonyl (C=O) groups is 1. The fourth-order valence-corrected chi connectivity index (χ4v) is 4.31. The molecule has 0 radical (unpaired) electrons. The van der Waals surface area contributed by atoms with Gasteiger partial charge in [0.2, 0.25) is 0 Å². The predicted molar refractivity (Wildman–Crippen MR) is 110 cm³/mol. The number of hydrogen-bond donors (Lipinski definition) is 1. The summed E-state index contributed by atoms with van der Waals surface area (Å²) in [7, 11) is 0. The first kappa shape index (κ1) is 18.7. The molecule has 2 aromatic carbocycles. The number of carbonyl (C=O) groups excluding carboxylic acids is 1. The first-order valence-electron chi connectivity index (χ1n) is 8.59. The van der Waals surface area contributed by atoms with Crippen LogP contribution in [0.25, 0.3) is 0 Å². The quantitative estimate of drug-likeness (QED) is 0.566. The number of rotatable bonds is 7. The predicted octanol–water partition coefficient (Wildman–Crippen LogP) is 5.28. The zero-order chi connectivity index (χ0) is 18.4. The maximum atomic E-state index is 12.7. The van der Waals surface area contributed by atoms with Crippen molar-refractivity contribution in [1.29, 1.82) is 0 Å². The van der Waals surface area contributed by atoms with Crippen molar-refractivity contribution in [2.45, 2.75) is 30.4 Å². The van der Waals surface area contributed by atoms with Crippen LogP contribution in [0.5, 0.6) is 0 Å². The lowest BCUT2D eigenvalue weighted by Crippen LogP contribution is -2.27. The van der Waals surface area contributed by atoms with E-state index in [2.05, 4.69) is 34.7 Å². The number of thioether (sulfide) groups is 1. The van der Waals surface area contributed by atoms with Gasteiger partial charge in [0.05, 0.1) is 16.3 Å². The highest BCUT2D eigenvalue weighted by Crippen LogP contribution is 2.27. The average molecular weight is 383 g/mol. The summed E-state index contributed by atoms with van der Waals surface area (Å²) in [4.78, 5) is 18.2. The molecule has 0 aliphatic heterocycles. The van der Waals surface area contributed by atoms with Gasteiger partial charge in [0, 0.05) is 22.6 Å². The fraction of sp³-hybridized carbons (Fsp3) is 0.238. The second-order valence-electron chi connectivity index (χ2n) is 6.16. The third-order valence-corrected chi connectivity index (χ3v) is 6.04. The highest BCUT2D eigenvalue weighted by atomic mass is 32.2. The van der Waals surface area contributed by atoms with E-state index in [1.807, 2.05) is 49.4 Å². The van der Waals surface area contributed by atoms with Crippen molar-refractivity contribution >= 4 is 29.0 Å². The monoisotopic (exact) mass is 382 g/mol. The van der Waals surface area contributed by atoms with Crippen LogP contribution in [0, 0.1) is 6.92 Å². The van der Waals surface area contributed by atoms with E-state index < -0.39 is 0 Å². The molecule has 1 heterocycles. The van der Waals surface area contributed by atoms with Crippen molar-refractivity contribution in [3.05, 3.63) is 81.8 Å². The van der Waals surface area contributed by atoms with Crippen molar-refractivity contribution in [2.24, 2.45) is 0 Å². The molecule has 3 aromatic rings. The molecule has 1 unspecified atom stereocenters. The first-order chi connectivity index (χ1) is 12.6. The molecule has 3 rings (SSSR count). The molecule has 1 amide bonds. The van der Waals surface area contributed by atoms with Gasteiger partial charge < -0.3 is 5.32 Å². The SMILES string of the molecule is Cc1nc(CSc2ccccc2C(=O)NCC(C)c2ccccc2)cs1. The van der Waals surface area contributed by atoms with Crippen molar-refractivity contribution in [3.8, 4) is 0 Å². The summed E-state index contributed by atoms with van der Waals surface area (Å²) in [6, 6.07) is 18.0. The van der Waals surface area contributed by atoms with Crippen molar-refractivity contribution in [3.63, 3.8) is 0 Å². The summed E-state index contributed by atoms with van der Waals surface area (Å²) in [5.74, 6) is 1.03. The molecule has 26 heavy (non-hydrogen) atoms. The number of benzene rings is 2. The Bertz CT molecular complexity index is 861. The molecular formula is C21H22N2OS2. The normalized spacial score (nSPS) is 11.9. The van der Waals surface area contributed by atoms with Crippen molar-refractivity contribution < 1.29 is 4.79 Å². The largest absolute Gasteiger partial charge is 0.351 e. The minimum Gasteiger partial charge on any atom is -0.351 e. The van der Waals surface area contributed by atoms with Crippen LogP contribution in [0.3, 0.4) is 0 Å². The summed E-state index contributed by atoms with van der Waals surface area (Å²) in [5.41, 5.74) is 3.02. The van der Waals surface area contributed by atoms with Gasteiger partial charge in [0.25, 0.3) is 5.91 Å². The molecule has 1 atom stereocenters. The van der Waals surface area contributed by atoms with E-state index in [0.717, 1.165) is 26.9 Å². The minimum atomic E-state index is -0.0228. The van der Waals surface area contributed by atoms with Gasteiger partial charge in [-0.1, -0.05) is 49.4 Å². The zero-order valence-corrected chi connectivity index (χ0v) is 16.6. The number of nitrogens with one attached hydrogen (secondary N) is 1. The summed E-state index contributed by atoms with van der Waals surface area (Å²) in [5, 5.41) is 6.22. The molecule has 0 bridgehead atoms. The Hall–Kier alpha value is -2.11. The molecule has 5 heteroatoms. The van der Waals surface area contributed by atoms with Crippen LogP contribution in [0.1, 0.15) is 39.5 Å². The van der Waals surface area contributed by atoms with Gasteiger partial charge in [0.15, 0.2) is 0 Å². The first-order valence-corrected chi connectivity index (χ1v) is 10.5. The second-order valence-corrected chi connectivity index (χ2v) is 8.24. The van der Waals surface area contributed by atoms with Crippen LogP contribution in [-0.2, 0) is 5.75 Å². The molecule has 1 aromatic heterocycles. The molecule has 3 nitrogen and oxygen atoms in total. The fourth-order valence-electron chi connectivity index (χ4n) is 2.65. The summed E-state index contributed by atoms with van der Waals surface area (Å²) in [6.07, 6.45) is 0. The Labute approximate surface area is 162 Å². The van der Waals surface area contributed by atoms with E-state index in [-0.39, 0.29) is 11.8 Å². The number of thiazole rings is 1. The molecule has 1 N–H and O–H groups in total. The molecule has 0 saturated carbocycles. The molecule has 0 aliphatic carbocycles. The van der Waals surface area contributed by atoms with Gasteiger partial charge in [-0.2, -0.15) is 0 Å². The standard InChI is InChI=1S/C21H22N2OS2/c1-15(17-8-4-3-5-9-17)12-22-21(24)19-10-6-7-11-20(19)26-14-18-13-25-16(2)23-18/h3-11,13,15H,12,14H2,1-2H3,(H,22,24). The van der Waals surface area contributed by atoms with Crippen LogP contribution in [0.15, 0.2) is 64.9 Å². The summed E-state index contributed by atoms with van der Waals surface area (Å²) >= 11 is 3.31. The van der Waals surface area contributed by atoms with Gasteiger partial charge in [-0.3, -0.25) is 4.79 Å². The van der Waals surface area contributed by atoms with E-state index in [1.54, 1.807) is 23.1 Å². The molecule has 0 spiro atoms. The van der Waals surface area contributed by atoms with Crippen LogP contribution in [0.2, 0.25) is 0 Å². The topological polar surface area (TPSA) is 42.0 Å². The van der Waals surface area contributed by atoms with E-state index in [1.165, 1.54) is 5.56 Å². The maximum absolute atomic E-state index is 12.7. The Morgan fingerprint density at radius 2 is 1.88 bits per heavy atom. The zero-order valence-electron chi connectivity index (χ0n) is 14.9. The Morgan fingerprint density at radius 3 is 2.62 bits per heavy atom. The lowest BCUT2D eigenvalue weighted by molar-refractivity contribution is 0.0948. The number of nitrogens with zero attached hydrogens (tertiary/aromatic N) is 1. The van der Waals surface area contributed by atoms with E-state index >= 15 is 0 Å². The van der Waals surface area contributed by atoms with Crippen LogP contribution in [0.4, 0.5) is 0 Å². The van der Waals surface area contributed by atoms with Gasteiger partial charge >= 0.3 is 0 Å². The van der Waals surface area contributed by atoms with E-state index in [9.17, 15) is 4.79 Å². The van der Waals surface area contributed by atoms with Crippen LogP contribution < -0.4 is 5.32 Å². The second kappa shape index (κ2) is 9.01. The van der Waals surface area contributed by atoms with E-state index in [0.29, 0.717) is 6.54 Å². The summed E-state index contributed by atoms with van der Waals surface area (Å²) < 4.78 is 0. The average Bonchev–Trinajstić information content (AvgIpc) is 3.10. The Balaban J connectivity index is 1.62. The third kappa shape index (κ3) is 4.96. The highest BCUT2D eigenvalue weighted by Gasteiger charge is 2.13. The summed E-state index contributed by atoms with van der Waals surface area (Å²) in [6.45, 7) is 4.75. The Morgan fingerprint density at radius 1 is 1.15 bits per heavy atom. The molecule has 0 saturated heterocycles. The van der Waals surface area contributed by atoms with Crippen molar-refractivity contribution in [2.75, 3.05) is 6.54 Å². The molecule has 0 aliphatic rings. The highest BCUT2D eigenvalue weighted by molar-refractivity contribution is 7.98. The number of aromatic nitrogens is 1. The van der Waals surface area contributed by atoms with Gasteiger partial charge in [-0.15, -0.1) is 23.1 Å². The van der Waals surface area contributed by atoms with Crippen molar-refractivity contribution in [1.82, 2.24) is 10.3 Å². The van der Waals surface area contributed by atoms with Gasteiger partial charge in [0.1, 0.15) is 0 Å². The number of aryl methyl sites for hydroxylation is 1. The van der Waals surface area contributed by atoms with Gasteiger partial charge in [-0.05, 0) is 30.5 Å². The lowest BCUT2D eigenvalue weighted by Gasteiger charge is -2.14. The molecule has 0 fully saturated rings. The lowest BCUT2D eigenvalue weighted by atomic mass is 10.0. The number of amides is 1. The van der Waals surface area contributed by atoms with Crippen LogP contribution >= 0.6 is 23.1 Å². The minimum absolute atomic E-state index is 0.0228. The molecule has 134 valence electrons. The molecular weight excluding hydrogens is 360 g/mol. The van der Waals surface area contributed by atoms with Gasteiger partial charge in [-0.25, -0.2) is 4.98 Å². The smallest absolute Gasteiger partial charge is 0.252 e. The Kier molecular flexibility index (Phi) is 6.47. The van der Waals surface area contributed by atoms with E-state index in [4.69, 9.17) is 0 Å². The third-order valence-electron chi connectivity index (χ3n) is 4.11.